The van der Waals surface area contributed by atoms with Crippen molar-refractivity contribution in [3.8, 4) is 0 Å². The Balaban J connectivity index is 3.88. The smallest absolute Gasteiger partial charge is 0.306 e. The summed E-state index contributed by atoms with van der Waals surface area (Å²) >= 11 is 0. The lowest BCUT2D eigenvalue weighted by molar-refractivity contribution is -0.167. The van der Waals surface area contributed by atoms with Crippen molar-refractivity contribution in [3.05, 3.63) is 12.2 Å². The standard InChI is InChI=1S/C57H108O6/c1-4-7-10-13-15-17-19-20-21-22-23-24-25-26-27-28-29-30-31-32-33-34-35-36-38-39-41-44-47-50-56(59)62-53-54(52-61-55(58)49-46-43-12-9-6-3)63-57(60)51-48-45-42-40-37-18-16-14-11-8-5-2/h22-23,54H,4-21,24-53H2,1-3H3/b23-22-. The maximum Gasteiger partial charge on any atom is 0.306 e. The van der Waals surface area contributed by atoms with Crippen LogP contribution < -0.4 is 0 Å². The molecule has 1 unspecified atom stereocenters. The van der Waals surface area contributed by atoms with E-state index in [1.54, 1.807) is 0 Å². The molecule has 0 radical (unpaired) electrons. The number of carbonyl (C=O) groups excluding carboxylic acids is 3. The van der Waals surface area contributed by atoms with Gasteiger partial charge in [-0.05, 0) is 44.9 Å². The minimum atomic E-state index is -0.759. The molecule has 0 aliphatic carbocycles. The second kappa shape index (κ2) is 52.8. The van der Waals surface area contributed by atoms with E-state index in [1.807, 2.05) is 0 Å². The summed E-state index contributed by atoms with van der Waals surface area (Å²) in [5.41, 5.74) is 0. The van der Waals surface area contributed by atoms with Gasteiger partial charge in [-0.15, -0.1) is 0 Å². The average Bonchev–Trinajstić information content (AvgIpc) is 3.28. The van der Waals surface area contributed by atoms with Gasteiger partial charge in [-0.3, -0.25) is 14.4 Å². The molecule has 0 spiro atoms. The highest BCUT2D eigenvalue weighted by Crippen LogP contribution is 2.17. The summed E-state index contributed by atoms with van der Waals surface area (Å²) in [5.74, 6) is -0.864. The Morgan fingerprint density at radius 3 is 0.794 bits per heavy atom. The van der Waals surface area contributed by atoms with Crippen LogP contribution in [0.2, 0.25) is 0 Å². The quantitative estimate of drug-likeness (QED) is 0.0262. The molecular weight excluding hydrogens is 781 g/mol. The van der Waals surface area contributed by atoms with Crippen LogP contribution in [0.5, 0.6) is 0 Å². The number of allylic oxidation sites excluding steroid dienone is 2. The minimum Gasteiger partial charge on any atom is -0.462 e. The molecule has 63 heavy (non-hydrogen) atoms. The van der Waals surface area contributed by atoms with Gasteiger partial charge in [-0.25, -0.2) is 0 Å². The second-order valence-electron chi connectivity index (χ2n) is 19.2. The third kappa shape index (κ3) is 51.0. The van der Waals surface area contributed by atoms with E-state index in [2.05, 4.69) is 32.9 Å². The van der Waals surface area contributed by atoms with E-state index in [0.29, 0.717) is 19.3 Å². The van der Waals surface area contributed by atoms with Gasteiger partial charge in [0.1, 0.15) is 13.2 Å². The second-order valence-corrected chi connectivity index (χ2v) is 19.2. The molecule has 0 bridgehead atoms. The monoisotopic (exact) mass is 889 g/mol. The lowest BCUT2D eigenvalue weighted by Gasteiger charge is -2.18. The Bertz CT molecular complexity index is 978. The maximum atomic E-state index is 12.7. The van der Waals surface area contributed by atoms with Crippen LogP contribution in [0.3, 0.4) is 0 Å². The van der Waals surface area contributed by atoms with E-state index in [0.717, 1.165) is 64.2 Å². The predicted molar refractivity (Wildman–Crippen MR) is 270 cm³/mol. The summed E-state index contributed by atoms with van der Waals surface area (Å²) in [6, 6.07) is 0. The number of hydrogen-bond donors (Lipinski definition) is 0. The van der Waals surface area contributed by atoms with Crippen molar-refractivity contribution in [1.82, 2.24) is 0 Å². The molecule has 6 nitrogen and oxygen atoms in total. The molecular formula is C57H108O6. The molecule has 0 aromatic heterocycles. The SMILES string of the molecule is CCCCCCCCCC/C=C\CCCCCCCCCCCCCCCCCCCC(=O)OCC(COC(=O)CCCCCCC)OC(=O)CCCCCCCCCCCCC. The van der Waals surface area contributed by atoms with Crippen LogP contribution in [0.25, 0.3) is 0 Å². The Morgan fingerprint density at radius 2 is 0.524 bits per heavy atom. The largest absolute Gasteiger partial charge is 0.462 e. The van der Waals surface area contributed by atoms with Gasteiger partial charge in [0.25, 0.3) is 0 Å². The number of rotatable bonds is 52. The van der Waals surface area contributed by atoms with Crippen LogP contribution in [0.15, 0.2) is 12.2 Å². The molecule has 0 heterocycles. The lowest BCUT2D eigenvalue weighted by atomic mass is 10.0. The van der Waals surface area contributed by atoms with Crippen LogP contribution in [0, 0.1) is 0 Å². The molecule has 0 amide bonds. The topological polar surface area (TPSA) is 78.9 Å². The van der Waals surface area contributed by atoms with E-state index in [1.165, 1.54) is 212 Å². The zero-order valence-electron chi connectivity index (χ0n) is 42.6. The summed E-state index contributed by atoms with van der Waals surface area (Å²) < 4.78 is 16.7. The zero-order valence-corrected chi connectivity index (χ0v) is 42.6. The highest BCUT2D eigenvalue weighted by molar-refractivity contribution is 5.71. The summed E-state index contributed by atoms with van der Waals surface area (Å²) in [4.78, 5) is 37.6. The van der Waals surface area contributed by atoms with Gasteiger partial charge < -0.3 is 14.2 Å². The first-order chi connectivity index (χ1) is 31.0. The average molecular weight is 889 g/mol. The summed E-state index contributed by atoms with van der Waals surface area (Å²) in [6.07, 6.45) is 59.8. The van der Waals surface area contributed by atoms with Gasteiger partial charge in [-0.2, -0.15) is 0 Å². The molecule has 0 saturated carbocycles. The molecule has 0 rings (SSSR count). The van der Waals surface area contributed by atoms with Crippen molar-refractivity contribution in [2.45, 2.75) is 322 Å². The fourth-order valence-electron chi connectivity index (χ4n) is 8.50. The maximum absolute atomic E-state index is 12.7. The van der Waals surface area contributed by atoms with E-state index in [9.17, 15) is 14.4 Å². The fraction of sp³-hybridized carbons (Fsp3) is 0.912. The van der Waals surface area contributed by atoms with Crippen molar-refractivity contribution in [2.24, 2.45) is 0 Å². The van der Waals surface area contributed by atoms with Crippen LogP contribution in [-0.4, -0.2) is 37.2 Å². The molecule has 0 aliphatic rings. The Kier molecular flexibility index (Phi) is 51.2. The van der Waals surface area contributed by atoms with Gasteiger partial charge in [0.2, 0.25) is 0 Å². The Hall–Kier alpha value is -1.85. The highest BCUT2D eigenvalue weighted by Gasteiger charge is 2.19. The molecule has 1 atom stereocenters. The van der Waals surface area contributed by atoms with E-state index in [-0.39, 0.29) is 31.1 Å². The van der Waals surface area contributed by atoms with Crippen molar-refractivity contribution >= 4 is 17.9 Å². The van der Waals surface area contributed by atoms with Gasteiger partial charge in [0.05, 0.1) is 0 Å². The van der Waals surface area contributed by atoms with Crippen molar-refractivity contribution in [3.63, 3.8) is 0 Å². The minimum absolute atomic E-state index is 0.0651. The molecule has 0 aromatic carbocycles. The van der Waals surface area contributed by atoms with Gasteiger partial charge in [0.15, 0.2) is 6.10 Å². The third-order valence-corrected chi connectivity index (χ3v) is 12.8. The molecule has 0 saturated heterocycles. The molecule has 6 heteroatoms. The molecule has 0 N–H and O–H groups in total. The predicted octanol–water partition coefficient (Wildman–Crippen LogP) is 18.5. The van der Waals surface area contributed by atoms with Gasteiger partial charge in [0, 0.05) is 19.3 Å². The van der Waals surface area contributed by atoms with E-state index < -0.39 is 6.10 Å². The molecule has 0 aliphatic heterocycles. The Morgan fingerprint density at radius 1 is 0.302 bits per heavy atom. The summed E-state index contributed by atoms with van der Waals surface area (Å²) in [6.45, 7) is 6.58. The number of unbranched alkanes of at least 4 members (excludes halogenated alkanes) is 39. The number of carbonyl (C=O) groups is 3. The van der Waals surface area contributed by atoms with E-state index >= 15 is 0 Å². The first-order valence-corrected chi connectivity index (χ1v) is 28.2. The normalized spacial score (nSPS) is 12.0. The summed E-state index contributed by atoms with van der Waals surface area (Å²) in [7, 11) is 0. The van der Waals surface area contributed by atoms with Crippen molar-refractivity contribution in [2.75, 3.05) is 13.2 Å². The van der Waals surface area contributed by atoms with Crippen LogP contribution >= 0.6 is 0 Å². The van der Waals surface area contributed by atoms with Crippen LogP contribution in [0.4, 0.5) is 0 Å². The van der Waals surface area contributed by atoms with Gasteiger partial charge >= 0.3 is 17.9 Å². The molecule has 372 valence electrons. The Labute approximate surface area is 392 Å². The molecule has 0 fully saturated rings. The summed E-state index contributed by atoms with van der Waals surface area (Å²) in [5, 5.41) is 0. The highest BCUT2D eigenvalue weighted by atomic mass is 16.6. The van der Waals surface area contributed by atoms with Crippen molar-refractivity contribution < 1.29 is 28.6 Å². The fourth-order valence-corrected chi connectivity index (χ4v) is 8.50. The number of ether oxygens (including phenoxy) is 3. The lowest BCUT2D eigenvalue weighted by Crippen LogP contribution is -2.30. The molecule has 0 aromatic rings. The first kappa shape index (κ1) is 61.1. The van der Waals surface area contributed by atoms with Crippen LogP contribution in [-0.2, 0) is 28.6 Å². The number of esters is 3. The van der Waals surface area contributed by atoms with Crippen LogP contribution in [0.1, 0.15) is 316 Å². The van der Waals surface area contributed by atoms with Crippen molar-refractivity contribution in [1.29, 1.82) is 0 Å². The first-order valence-electron chi connectivity index (χ1n) is 28.2. The zero-order chi connectivity index (χ0) is 45.8. The van der Waals surface area contributed by atoms with Gasteiger partial charge in [-0.1, -0.05) is 264 Å². The third-order valence-electron chi connectivity index (χ3n) is 12.8. The van der Waals surface area contributed by atoms with E-state index in [4.69, 9.17) is 14.2 Å². The number of hydrogen-bond acceptors (Lipinski definition) is 6.